The van der Waals surface area contributed by atoms with Crippen LogP contribution in [0.4, 0.5) is 0 Å². The van der Waals surface area contributed by atoms with Crippen LogP contribution in [-0.4, -0.2) is 27.3 Å². The van der Waals surface area contributed by atoms with Gasteiger partial charge in [0.05, 0.1) is 6.61 Å². The van der Waals surface area contributed by atoms with Crippen molar-refractivity contribution in [1.82, 2.24) is 14.8 Å². The molecule has 5 rings (SSSR count). The first-order valence-corrected chi connectivity index (χ1v) is 14.3. The summed E-state index contributed by atoms with van der Waals surface area (Å²) in [6, 6.07) is 10.4. The Morgan fingerprint density at radius 3 is 2.88 bits per heavy atom. The van der Waals surface area contributed by atoms with E-state index < -0.39 is 5.97 Å². The Kier molecular flexibility index (Phi) is 7.41. The summed E-state index contributed by atoms with van der Waals surface area (Å²) in [6.45, 7) is 2.10. The maximum atomic E-state index is 12.7. The van der Waals surface area contributed by atoms with Crippen LogP contribution in [0.2, 0.25) is 0 Å². The maximum absolute atomic E-state index is 12.7. The van der Waals surface area contributed by atoms with Gasteiger partial charge in [-0.15, -0.1) is 21.5 Å². The molecular formula is C25H26BrN3O3S2. The maximum Gasteiger partial charge on any atom is 0.374 e. The molecule has 6 nitrogen and oxygen atoms in total. The second-order valence-corrected chi connectivity index (χ2v) is 11.3. The molecule has 0 amide bonds. The van der Waals surface area contributed by atoms with E-state index in [-0.39, 0.29) is 5.76 Å². The molecule has 178 valence electrons. The smallest absolute Gasteiger partial charge is 0.374 e. The second kappa shape index (κ2) is 10.7. The molecule has 4 aromatic rings. The summed E-state index contributed by atoms with van der Waals surface area (Å²) in [6.07, 6.45) is 6.85. The van der Waals surface area contributed by atoms with Gasteiger partial charge in [0.15, 0.2) is 5.16 Å². The standard InChI is InChI=1S/C25H26BrN3O3S2/c1-2-31-24(30)23-20(19-13-16(26)10-11-21(19)32-23)15-34-25-28-27-22(14-18-9-6-12-33-18)29(25)17-7-4-3-5-8-17/h6,9-13,17H,2-5,7-8,14-15H2,1H3. The third-order valence-corrected chi connectivity index (χ3v) is 8.49. The number of esters is 1. The van der Waals surface area contributed by atoms with Crippen molar-refractivity contribution in [3.05, 3.63) is 62.2 Å². The Bertz CT molecular complexity index is 1280. The average molecular weight is 561 g/mol. The number of halogens is 1. The lowest BCUT2D eigenvalue weighted by molar-refractivity contribution is 0.0491. The highest BCUT2D eigenvalue weighted by Crippen LogP contribution is 2.37. The first-order valence-electron chi connectivity index (χ1n) is 11.6. The molecule has 3 heterocycles. The Balaban J connectivity index is 1.48. The Morgan fingerprint density at radius 1 is 1.26 bits per heavy atom. The molecule has 0 unspecified atom stereocenters. The van der Waals surface area contributed by atoms with E-state index in [1.165, 1.54) is 24.1 Å². The van der Waals surface area contributed by atoms with Crippen molar-refractivity contribution in [3.8, 4) is 0 Å². The minimum Gasteiger partial charge on any atom is -0.460 e. The second-order valence-electron chi connectivity index (χ2n) is 8.38. The molecule has 0 aliphatic heterocycles. The predicted octanol–water partition coefficient (Wildman–Crippen LogP) is 7.41. The zero-order chi connectivity index (χ0) is 23.5. The van der Waals surface area contributed by atoms with E-state index in [1.54, 1.807) is 30.0 Å². The molecule has 1 fully saturated rings. The Labute approximate surface area is 215 Å². The summed E-state index contributed by atoms with van der Waals surface area (Å²) in [5.41, 5.74) is 1.51. The summed E-state index contributed by atoms with van der Waals surface area (Å²) in [5.74, 6) is 1.39. The van der Waals surface area contributed by atoms with Crippen molar-refractivity contribution in [2.45, 2.75) is 62.4 Å². The lowest BCUT2D eigenvalue weighted by Crippen LogP contribution is -2.16. The highest BCUT2D eigenvalue weighted by molar-refractivity contribution is 9.10. The van der Waals surface area contributed by atoms with Gasteiger partial charge >= 0.3 is 5.97 Å². The number of hydrogen-bond donors (Lipinski definition) is 0. The van der Waals surface area contributed by atoms with E-state index in [9.17, 15) is 4.79 Å². The summed E-state index contributed by atoms with van der Waals surface area (Å²) >= 11 is 6.91. The first kappa shape index (κ1) is 23.6. The van der Waals surface area contributed by atoms with E-state index in [1.807, 2.05) is 18.2 Å². The molecule has 0 bridgehead atoms. The zero-order valence-electron chi connectivity index (χ0n) is 19.0. The predicted molar refractivity (Wildman–Crippen MR) is 139 cm³/mol. The molecule has 0 radical (unpaired) electrons. The van der Waals surface area contributed by atoms with E-state index in [4.69, 9.17) is 9.15 Å². The number of carbonyl (C=O) groups excluding carboxylic acids is 1. The lowest BCUT2D eigenvalue weighted by Gasteiger charge is -2.25. The third kappa shape index (κ3) is 4.97. The fraction of sp³-hybridized carbons (Fsp3) is 0.400. The molecule has 3 aromatic heterocycles. The fourth-order valence-electron chi connectivity index (χ4n) is 4.56. The topological polar surface area (TPSA) is 70.2 Å². The number of furan rings is 1. The quantitative estimate of drug-likeness (QED) is 0.165. The van der Waals surface area contributed by atoms with Gasteiger partial charge in [-0.3, -0.25) is 0 Å². The minimum absolute atomic E-state index is 0.269. The summed E-state index contributed by atoms with van der Waals surface area (Å²) in [7, 11) is 0. The van der Waals surface area contributed by atoms with Crippen molar-refractivity contribution in [3.63, 3.8) is 0 Å². The van der Waals surface area contributed by atoms with Gasteiger partial charge in [0.1, 0.15) is 11.4 Å². The Hall–Kier alpha value is -2.10. The molecule has 1 aliphatic rings. The SMILES string of the molecule is CCOC(=O)c1oc2ccc(Br)cc2c1CSc1nnc(Cc2cccs2)n1C1CCCCC1. The molecule has 1 aliphatic carbocycles. The molecule has 0 N–H and O–H groups in total. The summed E-state index contributed by atoms with van der Waals surface area (Å²) < 4.78 is 14.5. The molecule has 9 heteroatoms. The number of ether oxygens (including phenoxy) is 1. The molecule has 34 heavy (non-hydrogen) atoms. The van der Waals surface area contributed by atoms with Crippen LogP contribution >= 0.6 is 39.0 Å². The van der Waals surface area contributed by atoms with Crippen LogP contribution in [0.15, 0.2) is 49.8 Å². The van der Waals surface area contributed by atoms with Crippen LogP contribution in [0.25, 0.3) is 11.0 Å². The number of carbonyl (C=O) groups is 1. The van der Waals surface area contributed by atoms with E-state index in [2.05, 4.69) is 48.2 Å². The van der Waals surface area contributed by atoms with Gasteiger partial charge in [0, 0.05) is 38.5 Å². The van der Waals surface area contributed by atoms with Gasteiger partial charge < -0.3 is 13.7 Å². The normalized spacial score (nSPS) is 14.6. The molecule has 1 saturated carbocycles. The first-order chi connectivity index (χ1) is 16.6. The molecule has 1 aromatic carbocycles. The van der Waals surface area contributed by atoms with Crippen molar-refractivity contribution in [2.75, 3.05) is 6.61 Å². The van der Waals surface area contributed by atoms with Crippen molar-refractivity contribution in [2.24, 2.45) is 0 Å². The van der Waals surface area contributed by atoms with Crippen molar-refractivity contribution in [1.29, 1.82) is 0 Å². The van der Waals surface area contributed by atoms with E-state index in [0.29, 0.717) is 24.0 Å². The minimum atomic E-state index is -0.433. The van der Waals surface area contributed by atoms with Crippen LogP contribution < -0.4 is 0 Å². The number of aromatic nitrogens is 3. The number of hydrogen-bond acceptors (Lipinski definition) is 7. The molecular weight excluding hydrogens is 534 g/mol. The van der Waals surface area contributed by atoms with Gasteiger partial charge in [-0.2, -0.15) is 0 Å². The van der Waals surface area contributed by atoms with E-state index in [0.717, 1.165) is 45.7 Å². The van der Waals surface area contributed by atoms with Crippen LogP contribution in [0, 0.1) is 0 Å². The van der Waals surface area contributed by atoms with Gasteiger partial charge in [-0.25, -0.2) is 4.79 Å². The van der Waals surface area contributed by atoms with Crippen LogP contribution in [0.1, 0.15) is 71.9 Å². The molecule has 0 saturated heterocycles. The monoisotopic (exact) mass is 559 g/mol. The number of nitrogens with zero attached hydrogens (tertiary/aromatic N) is 3. The third-order valence-electron chi connectivity index (χ3n) is 6.15. The highest BCUT2D eigenvalue weighted by Gasteiger charge is 2.26. The number of thioether (sulfide) groups is 1. The summed E-state index contributed by atoms with van der Waals surface area (Å²) in [4.78, 5) is 13.9. The molecule has 0 spiro atoms. The van der Waals surface area contributed by atoms with Gasteiger partial charge in [-0.05, 0) is 49.4 Å². The largest absolute Gasteiger partial charge is 0.460 e. The average Bonchev–Trinajstić information content (AvgIpc) is 3.58. The van der Waals surface area contributed by atoms with Gasteiger partial charge in [0.25, 0.3) is 0 Å². The van der Waals surface area contributed by atoms with E-state index >= 15 is 0 Å². The van der Waals surface area contributed by atoms with Gasteiger partial charge in [0.2, 0.25) is 5.76 Å². The molecule has 0 atom stereocenters. The number of fused-ring (bicyclic) bond motifs is 1. The number of rotatable bonds is 8. The highest BCUT2D eigenvalue weighted by atomic mass is 79.9. The van der Waals surface area contributed by atoms with Gasteiger partial charge in [-0.1, -0.05) is 53.0 Å². The zero-order valence-corrected chi connectivity index (χ0v) is 22.2. The number of benzene rings is 1. The number of thiophene rings is 1. The van der Waals surface area contributed by atoms with Crippen LogP contribution in [0.3, 0.4) is 0 Å². The van der Waals surface area contributed by atoms with Crippen molar-refractivity contribution >= 4 is 56.0 Å². The lowest BCUT2D eigenvalue weighted by atomic mass is 9.95. The Morgan fingerprint density at radius 2 is 2.12 bits per heavy atom. The van der Waals surface area contributed by atoms with Crippen LogP contribution in [0.5, 0.6) is 0 Å². The van der Waals surface area contributed by atoms with Crippen LogP contribution in [-0.2, 0) is 16.9 Å². The fourth-order valence-corrected chi connectivity index (χ4v) is 6.68. The van der Waals surface area contributed by atoms with Crippen molar-refractivity contribution < 1.29 is 13.9 Å². The summed E-state index contributed by atoms with van der Waals surface area (Å²) in [5, 5.41) is 13.1.